The molecule has 3 aromatic rings. The monoisotopic (exact) mass is 400 g/mol. The second-order valence-corrected chi connectivity index (χ2v) is 7.96. The average molecular weight is 400 g/mol. The van der Waals surface area contributed by atoms with E-state index in [1.165, 1.54) is 0 Å². The molecule has 0 aromatic heterocycles. The number of allylic oxidation sites excluding steroid dienone is 1. The highest BCUT2D eigenvalue weighted by Gasteiger charge is 2.22. The molecule has 0 bridgehead atoms. The number of benzene rings is 3. The van der Waals surface area contributed by atoms with Gasteiger partial charge in [0.05, 0.1) is 5.56 Å². The van der Waals surface area contributed by atoms with Crippen molar-refractivity contribution < 1.29 is 19.4 Å². The van der Waals surface area contributed by atoms with Gasteiger partial charge in [0.25, 0.3) is 0 Å². The zero-order valence-corrected chi connectivity index (χ0v) is 17.1. The number of carbonyl (C=O) groups is 2. The highest BCUT2D eigenvalue weighted by molar-refractivity contribution is 6.06. The van der Waals surface area contributed by atoms with E-state index in [9.17, 15) is 14.7 Å². The molecule has 0 fully saturated rings. The molecule has 4 nitrogen and oxygen atoms in total. The van der Waals surface area contributed by atoms with Gasteiger partial charge in [-0.05, 0) is 55.0 Å². The van der Waals surface area contributed by atoms with Crippen LogP contribution in [-0.4, -0.2) is 17.0 Å². The van der Waals surface area contributed by atoms with Crippen molar-refractivity contribution in [3.8, 4) is 16.9 Å². The first kappa shape index (κ1) is 19.9. The van der Waals surface area contributed by atoms with Gasteiger partial charge in [0, 0.05) is 16.7 Å². The highest BCUT2D eigenvalue weighted by atomic mass is 16.5. The van der Waals surface area contributed by atoms with E-state index in [0.29, 0.717) is 34.8 Å². The van der Waals surface area contributed by atoms with Crippen molar-refractivity contribution in [1.82, 2.24) is 0 Å². The van der Waals surface area contributed by atoms with E-state index >= 15 is 0 Å². The van der Waals surface area contributed by atoms with E-state index in [1.807, 2.05) is 49.4 Å². The number of hydrogen-bond donors (Lipinski definition) is 1. The van der Waals surface area contributed by atoms with Crippen LogP contribution in [0.25, 0.3) is 21.9 Å². The first-order valence-electron chi connectivity index (χ1n) is 10.2. The number of carbonyl (C=O) groups excluding carboxylic acids is 1. The highest BCUT2D eigenvalue weighted by Crippen LogP contribution is 2.40. The van der Waals surface area contributed by atoms with Gasteiger partial charge in [0.2, 0.25) is 0 Å². The van der Waals surface area contributed by atoms with Crippen LogP contribution in [0.3, 0.4) is 0 Å². The summed E-state index contributed by atoms with van der Waals surface area (Å²) in [7, 11) is 0. The maximum absolute atomic E-state index is 12.9. The maximum Gasteiger partial charge on any atom is 0.339 e. The molecule has 1 aliphatic rings. The van der Waals surface area contributed by atoms with Crippen LogP contribution in [0.5, 0.6) is 5.75 Å². The number of carboxylic acids is 1. The van der Waals surface area contributed by atoms with Gasteiger partial charge in [-0.3, -0.25) is 0 Å². The van der Waals surface area contributed by atoms with Crippen molar-refractivity contribution in [3.05, 3.63) is 77.4 Å². The molecule has 0 radical (unpaired) electrons. The molecular formula is C26H24O4. The Morgan fingerprint density at radius 3 is 2.63 bits per heavy atom. The van der Waals surface area contributed by atoms with Gasteiger partial charge in [-0.25, -0.2) is 9.59 Å². The average Bonchev–Trinajstić information content (AvgIpc) is 2.73. The number of hydrogen-bond acceptors (Lipinski definition) is 3. The quantitative estimate of drug-likeness (QED) is 0.420. The lowest BCUT2D eigenvalue weighted by Crippen LogP contribution is -2.16. The first-order valence-corrected chi connectivity index (χ1v) is 10.2. The summed E-state index contributed by atoms with van der Waals surface area (Å²) in [4.78, 5) is 24.9. The summed E-state index contributed by atoms with van der Waals surface area (Å²) in [6.07, 6.45) is 4.73. The molecule has 3 aromatic carbocycles. The third-order valence-electron chi connectivity index (χ3n) is 5.62. The lowest BCUT2D eigenvalue weighted by molar-refractivity contribution is -0.130. The predicted molar refractivity (Wildman–Crippen MR) is 118 cm³/mol. The zero-order valence-electron chi connectivity index (χ0n) is 17.1. The lowest BCUT2D eigenvalue weighted by atomic mass is 9.91. The van der Waals surface area contributed by atoms with Crippen LogP contribution in [0, 0.1) is 12.8 Å². The van der Waals surface area contributed by atoms with Crippen molar-refractivity contribution in [2.45, 2.75) is 33.1 Å². The summed E-state index contributed by atoms with van der Waals surface area (Å²) in [5.74, 6) is -0.639. The van der Waals surface area contributed by atoms with E-state index in [2.05, 4.69) is 6.92 Å². The second kappa shape index (κ2) is 8.15. The Labute approximate surface area is 175 Å². The molecule has 30 heavy (non-hydrogen) atoms. The van der Waals surface area contributed by atoms with Gasteiger partial charge >= 0.3 is 11.9 Å². The van der Waals surface area contributed by atoms with Crippen LogP contribution in [0.2, 0.25) is 0 Å². The molecule has 0 spiro atoms. The fourth-order valence-electron chi connectivity index (χ4n) is 4.13. The molecule has 0 amide bonds. The molecule has 152 valence electrons. The number of fused-ring (bicyclic) bond motifs is 1. The lowest BCUT2D eigenvalue weighted by Gasteiger charge is -2.19. The topological polar surface area (TPSA) is 63.6 Å². The van der Waals surface area contributed by atoms with E-state index < -0.39 is 5.97 Å². The fourth-order valence-corrected chi connectivity index (χ4v) is 4.13. The summed E-state index contributed by atoms with van der Waals surface area (Å²) in [6.45, 7) is 4.01. The van der Waals surface area contributed by atoms with Crippen LogP contribution in [0.1, 0.15) is 42.1 Å². The number of carboxylic acid groups (broad SMARTS) is 1. The Hall–Kier alpha value is -3.40. The molecule has 1 atom stereocenters. The van der Waals surface area contributed by atoms with E-state index in [-0.39, 0.29) is 11.5 Å². The number of aryl methyl sites for hydroxylation is 1. The minimum atomic E-state index is -1.01. The Kier molecular flexibility index (Phi) is 5.40. The number of ether oxygens (including phenoxy) is 1. The van der Waals surface area contributed by atoms with E-state index in [1.54, 1.807) is 18.2 Å². The molecule has 0 heterocycles. The largest absolute Gasteiger partial charge is 0.478 e. The van der Waals surface area contributed by atoms with E-state index in [0.717, 1.165) is 29.2 Å². The van der Waals surface area contributed by atoms with Gasteiger partial charge in [0.15, 0.2) is 0 Å². The summed E-state index contributed by atoms with van der Waals surface area (Å²) in [5.41, 5.74) is 2.99. The Morgan fingerprint density at radius 1 is 1.07 bits per heavy atom. The van der Waals surface area contributed by atoms with Crippen LogP contribution in [0.15, 0.2) is 66.2 Å². The zero-order chi connectivity index (χ0) is 21.3. The van der Waals surface area contributed by atoms with Gasteiger partial charge in [-0.1, -0.05) is 61.0 Å². The van der Waals surface area contributed by atoms with Crippen LogP contribution in [-0.2, 0) is 4.79 Å². The molecule has 1 unspecified atom stereocenters. The van der Waals surface area contributed by atoms with Gasteiger partial charge in [0.1, 0.15) is 5.75 Å². The number of aromatic carboxylic acids is 1. The number of esters is 1. The van der Waals surface area contributed by atoms with Gasteiger partial charge in [-0.2, -0.15) is 0 Å². The second-order valence-electron chi connectivity index (χ2n) is 7.96. The number of rotatable bonds is 4. The molecule has 4 rings (SSSR count). The maximum atomic E-state index is 12.9. The summed E-state index contributed by atoms with van der Waals surface area (Å²) < 4.78 is 5.87. The molecular weight excluding hydrogens is 376 g/mol. The standard InChI is InChI=1S/C26H24O4/c1-16-6-5-8-19(14-16)26(29)30-23-13-11-18-7-3-4-9-20(18)24(23)22-15-17(2)10-12-21(22)25(27)28/h3-4,7,9-16H,5-6,8H2,1-2H3,(H,27,28). The molecule has 0 aliphatic heterocycles. The Balaban J connectivity index is 1.89. The van der Waals surface area contributed by atoms with Crippen LogP contribution < -0.4 is 4.74 Å². The Bertz CT molecular complexity index is 1170. The van der Waals surface area contributed by atoms with E-state index in [4.69, 9.17) is 4.74 Å². The molecule has 0 saturated heterocycles. The third-order valence-corrected chi connectivity index (χ3v) is 5.62. The first-order chi connectivity index (χ1) is 14.4. The molecule has 1 aliphatic carbocycles. The molecule has 4 heteroatoms. The molecule has 0 saturated carbocycles. The fraction of sp³-hybridized carbons (Fsp3) is 0.231. The van der Waals surface area contributed by atoms with Crippen LogP contribution in [0.4, 0.5) is 0 Å². The molecule has 1 N–H and O–H groups in total. The smallest absolute Gasteiger partial charge is 0.339 e. The Morgan fingerprint density at radius 2 is 1.87 bits per heavy atom. The van der Waals surface area contributed by atoms with Crippen molar-refractivity contribution >= 4 is 22.7 Å². The minimum Gasteiger partial charge on any atom is -0.478 e. The van der Waals surface area contributed by atoms with Crippen molar-refractivity contribution in [2.75, 3.05) is 0 Å². The predicted octanol–water partition coefficient (Wildman–Crippen LogP) is 6.17. The summed E-state index contributed by atoms with van der Waals surface area (Å²) in [5, 5.41) is 11.6. The van der Waals surface area contributed by atoms with Gasteiger partial charge < -0.3 is 9.84 Å². The van der Waals surface area contributed by atoms with Crippen molar-refractivity contribution in [1.29, 1.82) is 0 Å². The van der Waals surface area contributed by atoms with Crippen molar-refractivity contribution in [3.63, 3.8) is 0 Å². The third kappa shape index (κ3) is 3.86. The summed E-state index contributed by atoms with van der Waals surface area (Å²) in [6, 6.07) is 16.6. The van der Waals surface area contributed by atoms with Crippen molar-refractivity contribution in [2.24, 2.45) is 5.92 Å². The summed E-state index contributed by atoms with van der Waals surface area (Å²) >= 11 is 0. The van der Waals surface area contributed by atoms with Crippen LogP contribution >= 0.6 is 0 Å². The SMILES string of the molecule is Cc1ccc(C(=O)O)c(-c2c(OC(=O)C3=CC(C)CCC3)ccc3ccccc23)c1. The normalized spacial score (nSPS) is 16.2. The minimum absolute atomic E-state index is 0.180. The van der Waals surface area contributed by atoms with Gasteiger partial charge in [-0.15, -0.1) is 0 Å².